The minimum absolute atomic E-state index is 0.226. The van der Waals surface area contributed by atoms with E-state index in [1.807, 2.05) is 12.1 Å². The molecular formula is C23H22O2. The largest absolute Gasteiger partial charge is 0.494 e. The van der Waals surface area contributed by atoms with Crippen molar-refractivity contribution < 1.29 is 9.84 Å². The zero-order chi connectivity index (χ0) is 17.1. The molecule has 3 aromatic rings. The Balaban J connectivity index is 1.57. The van der Waals surface area contributed by atoms with Crippen molar-refractivity contribution in [2.45, 2.75) is 19.3 Å². The molecule has 2 nitrogen and oxygen atoms in total. The standard InChI is InChI=1S/C23H22O2/c24-14-3-4-15-25-19-12-10-17(11-13-19)20-8-5-9-22-21-7-2-1-6-18(21)16-23(20)22/h1-2,5-13,24H,3-4,14-16H2. The van der Waals surface area contributed by atoms with Gasteiger partial charge in [-0.05, 0) is 64.8 Å². The van der Waals surface area contributed by atoms with Crippen LogP contribution in [0.3, 0.4) is 0 Å². The van der Waals surface area contributed by atoms with Crippen LogP contribution in [0.4, 0.5) is 0 Å². The van der Waals surface area contributed by atoms with Crippen LogP contribution in [0.2, 0.25) is 0 Å². The molecule has 0 fully saturated rings. The van der Waals surface area contributed by atoms with Gasteiger partial charge < -0.3 is 9.84 Å². The Bertz CT molecular complexity index is 866. The Morgan fingerprint density at radius 1 is 0.760 bits per heavy atom. The molecule has 126 valence electrons. The molecule has 1 aliphatic carbocycles. The lowest BCUT2D eigenvalue weighted by Gasteiger charge is -2.10. The summed E-state index contributed by atoms with van der Waals surface area (Å²) < 4.78 is 5.73. The van der Waals surface area contributed by atoms with Crippen LogP contribution < -0.4 is 4.74 Å². The molecular weight excluding hydrogens is 308 g/mol. The highest BCUT2D eigenvalue weighted by Crippen LogP contribution is 2.41. The predicted octanol–water partition coefficient (Wildman–Crippen LogP) is 5.08. The van der Waals surface area contributed by atoms with Gasteiger partial charge in [0, 0.05) is 6.61 Å². The number of fused-ring (bicyclic) bond motifs is 3. The Hall–Kier alpha value is -2.58. The smallest absolute Gasteiger partial charge is 0.119 e. The van der Waals surface area contributed by atoms with Crippen molar-refractivity contribution in [1.82, 2.24) is 0 Å². The van der Waals surface area contributed by atoms with Gasteiger partial charge in [0.15, 0.2) is 0 Å². The first-order valence-electron chi connectivity index (χ1n) is 8.91. The molecule has 0 radical (unpaired) electrons. The minimum atomic E-state index is 0.226. The van der Waals surface area contributed by atoms with Crippen molar-refractivity contribution in [1.29, 1.82) is 0 Å². The molecule has 2 heteroatoms. The number of benzene rings is 3. The number of rotatable bonds is 6. The van der Waals surface area contributed by atoms with Crippen LogP contribution in [0.25, 0.3) is 22.3 Å². The van der Waals surface area contributed by atoms with Crippen molar-refractivity contribution in [2.24, 2.45) is 0 Å². The summed E-state index contributed by atoms with van der Waals surface area (Å²) in [4.78, 5) is 0. The fraction of sp³-hybridized carbons (Fsp3) is 0.217. The van der Waals surface area contributed by atoms with Crippen molar-refractivity contribution in [3.05, 3.63) is 77.9 Å². The molecule has 25 heavy (non-hydrogen) atoms. The molecule has 0 saturated carbocycles. The average molecular weight is 330 g/mol. The Morgan fingerprint density at radius 2 is 1.52 bits per heavy atom. The summed E-state index contributed by atoms with van der Waals surface area (Å²) in [5.74, 6) is 0.887. The molecule has 4 rings (SSSR count). The van der Waals surface area contributed by atoms with E-state index in [0.29, 0.717) is 6.61 Å². The minimum Gasteiger partial charge on any atom is -0.494 e. The van der Waals surface area contributed by atoms with Crippen LogP contribution in [0, 0.1) is 0 Å². The SMILES string of the molecule is OCCCCOc1ccc(-c2cccc3c2Cc2ccccc2-3)cc1. The van der Waals surface area contributed by atoms with Gasteiger partial charge in [0.2, 0.25) is 0 Å². The third kappa shape index (κ3) is 3.18. The molecule has 0 spiro atoms. The van der Waals surface area contributed by atoms with Crippen LogP contribution in [0.1, 0.15) is 24.0 Å². The van der Waals surface area contributed by atoms with Gasteiger partial charge in [0.1, 0.15) is 5.75 Å². The van der Waals surface area contributed by atoms with Crippen LogP contribution in [-0.4, -0.2) is 18.3 Å². The van der Waals surface area contributed by atoms with Crippen LogP contribution >= 0.6 is 0 Å². The highest BCUT2D eigenvalue weighted by Gasteiger charge is 2.20. The predicted molar refractivity (Wildman–Crippen MR) is 102 cm³/mol. The highest BCUT2D eigenvalue weighted by molar-refractivity contribution is 5.84. The molecule has 0 bridgehead atoms. The van der Waals surface area contributed by atoms with Crippen molar-refractivity contribution in [3.8, 4) is 28.0 Å². The van der Waals surface area contributed by atoms with Gasteiger partial charge in [-0.3, -0.25) is 0 Å². The van der Waals surface area contributed by atoms with Crippen molar-refractivity contribution >= 4 is 0 Å². The zero-order valence-corrected chi connectivity index (χ0v) is 14.2. The highest BCUT2D eigenvalue weighted by atomic mass is 16.5. The Morgan fingerprint density at radius 3 is 2.36 bits per heavy atom. The summed E-state index contributed by atoms with van der Waals surface area (Å²) in [7, 11) is 0. The van der Waals surface area contributed by atoms with Gasteiger partial charge in [-0.2, -0.15) is 0 Å². The van der Waals surface area contributed by atoms with E-state index >= 15 is 0 Å². The van der Waals surface area contributed by atoms with Gasteiger partial charge in [0.25, 0.3) is 0 Å². The van der Waals surface area contributed by atoms with Gasteiger partial charge >= 0.3 is 0 Å². The van der Waals surface area contributed by atoms with Crippen LogP contribution in [-0.2, 0) is 6.42 Å². The number of hydrogen-bond acceptors (Lipinski definition) is 2. The number of hydrogen-bond donors (Lipinski definition) is 1. The monoisotopic (exact) mass is 330 g/mol. The summed E-state index contributed by atoms with van der Waals surface area (Å²) >= 11 is 0. The quantitative estimate of drug-likeness (QED) is 0.500. The lowest BCUT2D eigenvalue weighted by atomic mass is 9.96. The molecule has 0 atom stereocenters. The van der Waals surface area contributed by atoms with E-state index in [4.69, 9.17) is 9.84 Å². The molecule has 0 aromatic heterocycles. The second kappa shape index (κ2) is 7.12. The molecule has 0 amide bonds. The van der Waals surface area contributed by atoms with E-state index < -0.39 is 0 Å². The Labute approximate surface area is 148 Å². The average Bonchev–Trinajstić information content (AvgIpc) is 3.05. The first kappa shape index (κ1) is 15.9. The molecule has 0 aliphatic heterocycles. The fourth-order valence-corrected chi connectivity index (χ4v) is 3.56. The summed E-state index contributed by atoms with van der Waals surface area (Å²) in [6.07, 6.45) is 2.67. The number of ether oxygens (including phenoxy) is 1. The van der Waals surface area contributed by atoms with Gasteiger partial charge in [0.05, 0.1) is 6.61 Å². The van der Waals surface area contributed by atoms with E-state index in [9.17, 15) is 0 Å². The number of aliphatic hydroxyl groups is 1. The maximum absolute atomic E-state index is 8.81. The first-order chi connectivity index (χ1) is 12.4. The number of unbranched alkanes of at least 4 members (excludes halogenated alkanes) is 1. The van der Waals surface area contributed by atoms with Crippen LogP contribution in [0.5, 0.6) is 5.75 Å². The maximum Gasteiger partial charge on any atom is 0.119 e. The van der Waals surface area contributed by atoms with E-state index in [0.717, 1.165) is 25.0 Å². The molecule has 1 N–H and O–H groups in total. The lowest BCUT2D eigenvalue weighted by Crippen LogP contribution is -1.98. The third-order valence-electron chi connectivity index (χ3n) is 4.84. The van der Waals surface area contributed by atoms with E-state index in [1.165, 1.54) is 33.4 Å². The van der Waals surface area contributed by atoms with E-state index in [-0.39, 0.29) is 6.61 Å². The third-order valence-corrected chi connectivity index (χ3v) is 4.84. The maximum atomic E-state index is 8.81. The summed E-state index contributed by atoms with van der Waals surface area (Å²) in [6.45, 7) is 0.875. The van der Waals surface area contributed by atoms with Gasteiger partial charge in [-0.1, -0.05) is 54.6 Å². The second-order valence-electron chi connectivity index (χ2n) is 6.47. The van der Waals surface area contributed by atoms with Gasteiger partial charge in [-0.25, -0.2) is 0 Å². The second-order valence-corrected chi connectivity index (χ2v) is 6.47. The Kier molecular flexibility index (Phi) is 4.53. The molecule has 0 saturated heterocycles. The van der Waals surface area contributed by atoms with E-state index in [1.54, 1.807) is 0 Å². The molecule has 1 aliphatic rings. The summed E-state index contributed by atoms with van der Waals surface area (Å²) in [5, 5.41) is 8.81. The van der Waals surface area contributed by atoms with E-state index in [2.05, 4.69) is 54.6 Å². The summed E-state index contributed by atoms with van der Waals surface area (Å²) in [5.41, 5.74) is 8.09. The molecule has 0 unspecified atom stereocenters. The lowest BCUT2D eigenvalue weighted by molar-refractivity contribution is 0.253. The molecule has 0 heterocycles. The first-order valence-corrected chi connectivity index (χ1v) is 8.91. The normalized spacial score (nSPS) is 11.9. The summed E-state index contributed by atoms with van der Waals surface area (Å²) in [6, 6.07) is 23.6. The molecule has 3 aromatic carbocycles. The van der Waals surface area contributed by atoms with Crippen molar-refractivity contribution in [2.75, 3.05) is 13.2 Å². The topological polar surface area (TPSA) is 29.5 Å². The fourth-order valence-electron chi connectivity index (χ4n) is 3.56. The van der Waals surface area contributed by atoms with Crippen LogP contribution in [0.15, 0.2) is 66.7 Å². The van der Waals surface area contributed by atoms with Gasteiger partial charge in [-0.15, -0.1) is 0 Å². The zero-order valence-electron chi connectivity index (χ0n) is 14.2. The van der Waals surface area contributed by atoms with Crippen molar-refractivity contribution in [3.63, 3.8) is 0 Å². The number of aliphatic hydroxyl groups excluding tert-OH is 1.